The molecule has 0 bridgehead atoms. The second-order valence-electron chi connectivity index (χ2n) is 3.34. The third kappa shape index (κ3) is 2.61. The van der Waals surface area contributed by atoms with Crippen molar-refractivity contribution in [2.45, 2.75) is 25.8 Å². The van der Waals surface area contributed by atoms with Crippen LogP contribution in [-0.2, 0) is 7.05 Å². The minimum Gasteiger partial charge on any atom is -0.336 e. The molecule has 1 rings (SSSR count). The standard InChI is InChI=1S/C11H17N3/c1-4-6-10(13-7-5-2)11-8-12-9-14(11)3/h1,8-10,13H,5-7H2,2-3H3. The number of rotatable bonds is 5. The Bertz CT molecular complexity index is 309. The highest BCUT2D eigenvalue weighted by molar-refractivity contribution is 5.08. The van der Waals surface area contributed by atoms with Gasteiger partial charge >= 0.3 is 0 Å². The van der Waals surface area contributed by atoms with E-state index in [2.05, 4.69) is 23.1 Å². The molecule has 1 atom stereocenters. The van der Waals surface area contributed by atoms with Crippen molar-refractivity contribution in [2.75, 3.05) is 6.54 Å². The zero-order chi connectivity index (χ0) is 10.4. The first-order valence-corrected chi connectivity index (χ1v) is 4.92. The summed E-state index contributed by atoms with van der Waals surface area (Å²) in [5.41, 5.74) is 1.15. The normalized spacial score (nSPS) is 12.4. The molecule has 0 aromatic carbocycles. The maximum absolute atomic E-state index is 5.34. The Hall–Kier alpha value is -1.27. The molecule has 1 N–H and O–H groups in total. The van der Waals surface area contributed by atoms with Gasteiger partial charge in [-0.3, -0.25) is 0 Å². The molecule has 3 heteroatoms. The molecule has 0 spiro atoms. The van der Waals surface area contributed by atoms with Crippen molar-refractivity contribution >= 4 is 0 Å². The quantitative estimate of drug-likeness (QED) is 0.714. The molecule has 0 saturated carbocycles. The van der Waals surface area contributed by atoms with Gasteiger partial charge in [0, 0.05) is 19.7 Å². The Morgan fingerprint density at radius 2 is 2.50 bits per heavy atom. The largest absolute Gasteiger partial charge is 0.336 e. The predicted molar refractivity (Wildman–Crippen MR) is 57.7 cm³/mol. The lowest BCUT2D eigenvalue weighted by molar-refractivity contribution is 0.516. The van der Waals surface area contributed by atoms with Crippen molar-refractivity contribution in [1.29, 1.82) is 0 Å². The molecular weight excluding hydrogens is 174 g/mol. The van der Waals surface area contributed by atoms with Gasteiger partial charge in [0.1, 0.15) is 0 Å². The fraction of sp³-hybridized carbons (Fsp3) is 0.545. The van der Waals surface area contributed by atoms with Crippen LogP contribution in [0.5, 0.6) is 0 Å². The van der Waals surface area contributed by atoms with Gasteiger partial charge in [-0.05, 0) is 13.0 Å². The maximum atomic E-state index is 5.34. The molecule has 1 unspecified atom stereocenters. The number of hydrogen-bond donors (Lipinski definition) is 1. The van der Waals surface area contributed by atoms with E-state index in [-0.39, 0.29) is 6.04 Å². The van der Waals surface area contributed by atoms with Crippen LogP contribution in [0.25, 0.3) is 0 Å². The van der Waals surface area contributed by atoms with Crippen molar-refractivity contribution < 1.29 is 0 Å². The summed E-state index contributed by atoms with van der Waals surface area (Å²) in [5.74, 6) is 2.69. The minimum atomic E-state index is 0.229. The number of terminal acetylenes is 1. The van der Waals surface area contributed by atoms with E-state index in [1.165, 1.54) is 0 Å². The minimum absolute atomic E-state index is 0.229. The highest BCUT2D eigenvalue weighted by Gasteiger charge is 2.11. The van der Waals surface area contributed by atoms with Crippen molar-refractivity contribution in [3.63, 3.8) is 0 Å². The fourth-order valence-electron chi connectivity index (χ4n) is 1.42. The van der Waals surface area contributed by atoms with Gasteiger partial charge in [-0.15, -0.1) is 12.3 Å². The molecule has 0 saturated heterocycles. The van der Waals surface area contributed by atoms with Crippen LogP contribution in [0.2, 0.25) is 0 Å². The van der Waals surface area contributed by atoms with E-state index < -0.39 is 0 Å². The van der Waals surface area contributed by atoms with E-state index in [9.17, 15) is 0 Å². The molecule has 0 radical (unpaired) electrons. The van der Waals surface area contributed by atoms with Crippen molar-refractivity contribution in [1.82, 2.24) is 14.9 Å². The molecule has 0 amide bonds. The number of hydrogen-bond acceptors (Lipinski definition) is 2. The highest BCUT2D eigenvalue weighted by atomic mass is 15.1. The first-order valence-electron chi connectivity index (χ1n) is 4.92. The van der Waals surface area contributed by atoms with Crippen LogP contribution < -0.4 is 5.32 Å². The fourth-order valence-corrected chi connectivity index (χ4v) is 1.42. The topological polar surface area (TPSA) is 29.9 Å². The third-order valence-electron chi connectivity index (χ3n) is 2.17. The summed E-state index contributed by atoms with van der Waals surface area (Å²) >= 11 is 0. The van der Waals surface area contributed by atoms with E-state index in [0.29, 0.717) is 6.42 Å². The van der Waals surface area contributed by atoms with Crippen molar-refractivity contribution in [2.24, 2.45) is 7.05 Å². The summed E-state index contributed by atoms with van der Waals surface area (Å²) in [6, 6.07) is 0.229. The van der Waals surface area contributed by atoms with Gasteiger partial charge in [0.25, 0.3) is 0 Å². The lowest BCUT2D eigenvalue weighted by atomic mass is 10.1. The molecule has 76 valence electrons. The first-order chi connectivity index (χ1) is 6.79. The smallest absolute Gasteiger partial charge is 0.0946 e. The first kappa shape index (κ1) is 10.8. The Labute approximate surface area is 85.5 Å². The number of aromatic nitrogens is 2. The molecule has 3 nitrogen and oxygen atoms in total. The van der Waals surface area contributed by atoms with Gasteiger partial charge in [0.2, 0.25) is 0 Å². The summed E-state index contributed by atoms with van der Waals surface area (Å²) in [4.78, 5) is 4.09. The second kappa shape index (κ2) is 5.46. The van der Waals surface area contributed by atoms with E-state index in [0.717, 1.165) is 18.7 Å². The van der Waals surface area contributed by atoms with Crippen molar-refractivity contribution in [3.05, 3.63) is 18.2 Å². The van der Waals surface area contributed by atoms with Crippen LogP contribution in [0.3, 0.4) is 0 Å². The average molecular weight is 191 g/mol. The van der Waals surface area contributed by atoms with Gasteiger partial charge in [0.05, 0.1) is 18.1 Å². The Kier molecular flexibility index (Phi) is 4.21. The van der Waals surface area contributed by atoms with Gasteiger partial charge in [-0.2, -0.15) is 0 Å². The predicted octanol–water partition coefficient (Wildman–Crippen LogP) is 1.48. The molecule has 1 aromatic rings. The highest BCUT2D eigenvalue weighted by Crippen LogP contribution is 2.14. The summed E-state index contributed by atoms with van der Waals surface area (Å²) in [7, 11) is 1.99. The summed E-state index contributed by atoms with van der Waals surface area (Å²) in [6.45, 7) is 3.13. The molecule has 1 heterocycles. The number of aryl methyl sites for hydroxylation is 1. The van der Waals surface area contributed by atoms with Crippen LogP contribution in [0.4, 0.5) is 0 Å². The van der Waals surface area contributed by atoms with E-state index in [4.69, 9.17) is 6.42 Å². The van der Waals surface area contributed by atoms with Crippen LogP contribution in [0, 0.1) is 12.3 Å². The summed E-state index contributed by atoms with van der Waals surface area (Å²) < 4.78 is 2.00. The Morgan fingerprint density at radius 1 is 1.71 bits per heavy atom. The van der Waals surface area contributed by atoms with Crippen LogP contribution >= 0.6 is 0 Å². The van der Waals surface area contributed by atoms with E-state index in [1.54, 1.807) is 6.33 Å². The number of nitrogens with one attached hydrogen (secondary N) is 1. The lowest BCUT2D eigenvalue weighted by Crippen LogP contribution is -2.23. The monoisotopic (exact) mass is 191 g/mol. The zero-order valence-corrected chi connectivity index (χ0v) is 8.83. The molecule has 0 fully saturated rings. The Balaban J connectivity index is 2.68. The summed E-state index contributed by atoms with van der Waals surface area (Å²) in [5, 5.41) is 3.41. The van der Waals surface area contributed by atoms with Crippen LogP contribution in [-0.4, -0.2) is 16.1 Å². The van der Waals surface area contributed by atoms with Crippen LogP contribution in [0.15, 0.2) is 12.5 Å². The average Bonchev–Trinajstić information content (AvgIpc) is 2.59. The Morgan fingerprint density at radius 3 is 3.00 bits per heavy atom. The van der Waals surface area contributed by atoms with E-state index in [1.807, 2.05) is 17.8 Å². The van der Waals surface area contributed by atoms with Gasteiger partial charge in [-0.1, -0.05) is 6.92 Å². The number of imidazole rings is 1. The zero-order valence-electron chi connectivity index (χ0n) is 8.83. The molecular formula is C11H17N3. The van der Waals surface area contributed by atoms with Crippen molar-refractivity contribution in [3.8, 4) is 12.3 Å². The summed E-state index contributed by atoms with van der Waals surface area (Å²) in [6.07, 6.45) is 10.8. The van der Waals surface area contributed by atoms with Crippen LogP contribution in [0.1, 0.15) is 31.5 Å². The molecule has 14 heavy (non-hydrogen) atoms. The van der Waals surface area contributed by atoms with Gasteiger partial charge in [0.15, 0.2) is 0 Å². The molecule has 0 aliphatic heterocycles. The van der Waals surface area contributed by atoms with Gasteiger partial charge < -0.3 is 9.88 Å². The SMILES string of the molecule is C#CCC(NCCC)c1cncn1C. The van der Waals surface area contributed by atoms with E-state index >= 15 is 0 Å². The third-order valence-corrected chi connectivity index (χ3v) is 2.17. The van der Waals surface area contributed by atoms with Gasteiger partial charge in [-0.25, -0.2) is 4.98 Å². The molecule has 1 aromatic heterocycles. The molecule has 0 aliphatic rings. The maximum Gasteiger partial charge on any atom is 0.0946 e. The second-order valence-corrected chi connectivity index (χ2v) is 3.34. The number of nitrogens with zero attached hydrogens (tertiary/aromatic N) is 2. The molecule has 0 aliphatic carbocycles. The lowest BCUT2D eigenvalue weighted by Gasteiger charge is -2.16.